The molecule has 4 nitrogen and oxygen atoms in total. The van der Waals surface area contributed by atoms with Gasteiger partial charge in [-0.3, -0.25) is 9.69 Å². The van der Waals surface area contributed by atoms with Crippen LogP contribution in [0, 0.1) is 17.2 Å². The normalized spacial score (nSPS) is 14.3. The van der Waals surface area contributed by atoms with Crippen LogP contribution in [0.3, 0.4) is 0 Å². The maximum Gasteiger partial charge on any atom is 0.238 e. The van der Waals surface area contributed by atoms with Gasteiger partial charge in [-0.1, -0.05) is 0 Å². The van der Waals surface area contributed by atoms with Crippen LogP contribution in [0.5, 0.6) is 0 Å². The van der Waals surface area contributed by atoms with Crippen molar-refractivity contribution in [1.29, 1.82) is 5.26 Å². The molecule has 1 N–H and O–H groups in total. The van der Waals surface area contributed by atoms with Gasteiger partial charge in [0.1, 0.15) is 0 Å². The van der Waals surface area contributed by atoms with E-state index in [1.807, 2.05) is 13.1 Å². The summed E-state index contributed by atoms with van der Waals surface area (Å²) in [6, 6.07) is 8.94. The van der Waals surface area contributed by atoms with Gasteiger partial charge in [0, 0.05) is 12.2 Å². The van der Waals surface area contributed by atoms with Crippen molar-refractivity contribution >= 4 is 11.6 Å². The van der Waals surface area contributed by atoms with Gasteiger partial charge in [0.05, 0.1) is 18.2 Å². The molecule has 1 aliphatic rings. The second-order valence-electron chi connectivity index (χ2n) is 4.88. The molecule has 0 heterocycles. The van der Waals surface area contributed by atoms with Gasteiger partial charge in [0.2, 0.25) is 5.91 Å². The van der Waals surface area contributed by atoms with Gasteiger partial charge in [0.25, 0.3) is 0 Å². The summed E-state index contributed by atoms with van der Waals surface area (Å²) in [6.45, 7) is 1.41. The SMILES string of the molecule is CN(CC(=O)Nc1ccc(C#N)cc1)CC1CC1. The molecule has 1 aromatic rings. The molecule has 1 fully saturated rings. The molecule has 0 aliphatic heterocycles. The standard InChI is InChI=1S/C14H17N3O/c1-17(9-12-2-3-12)10-14(18)16-13-6-4-11(8-15)5-7-13/h4-7,12H,2-3,9-10H2,1H3,(H,16,18). The number of hydrogen-bond acceptors (Lipinski definition) is 3. The first-order valence-corrected chi connectivity index (χ1v) is 6.16. The highest BCUT2D eigenvalue weighted by Crippen LogP contribution is 2.29. The van der Waals surface area contributed by atoms with Crippen molar-refractivity contribution in [2.24, 2.45) is 5.92 Å². The Kier molecular flexibility index (Phi) is 3.96. The van der Waals surface area contributed by atoms with E-state index in [-0.39, 0.29) is 5.91 Å². The number of amides is 1. The lowest BCUT2D eigenvalue weighted by Crippen LogP contribution is -2.31. The first-order valence-electron chi connectivity index (χ1n) is 6.16. The van der Waals surface area contributed by atoms with Gasteiger partial charge in [-0.2, -0.15) is 5.26 Å². The third kappa shape index (κ3) is 3.86. The number of nitrogens with one attached hydrogen (secondary N) is 1. The predicted octanol–water partition coefficient (Wildman–Crippen LogP) is 1.84. The number of hydrogen-bond donors (Lipinski definition) is 1. The van der Waals surface area contributed by atoms with Gasteiger partial charge in [-0.15, -0.1) is 0 Å². The van der Waals surface area contributed by atoms with Crippen LogP contribution < -0.4 is 5.32 Å². The number of anilines is 1. The van der Waals surface area contributed by atoms with E-state index in [0.717, 1.165) is 18.2 Å². The number of rotatable bonds is 5. The summed E-state index contributed by atoms with van der Waals surface area (Å²) in [5, 5.41) is 11.5. The summed E-state index contributed by atoms with van der Waals surface area (Å²) in [6.07, 6.45) is 2.59. The zero-order chi connectivity index (χ0) is 13.0. The number of carbonyl (C=O) groups excluding carboxylic acids is 1. The van der Waals surface area contributed by atoms with E-state index in [2.05, 4.69) is 10.2 Å². The topological polar surface area (TPSA) is 56.1 Å². The molecule has 0 saturated heterocycles. The van der Waals surface area contributed by atoms with Crippen molar-refractivity contribution in [3.05, 3.63) is 29.8 Å². The van der Waals surface area contributed by atoms with E-state index in [4.69, 9.17) is 5.26 Å². The van der Waals surface area contributed by atoms with Crippen molar-refractivity contribution < 1.29 is 4.79 Å². The summed E-state index contributed by atoms with van der Waals surface area (Å²) in [7, 11) is 1.97. The number of benzene rings is 1. The van der Waals surface area contributed by atoms with Crippen LogP contribution in [0.1, 0.15) is 18.4 Å². The van der Waals surface area contributed by atoms with Crippen LogP contribution >= 0.6 is 0 Å². The molecule has 1 amide bonds. The van der Waals surface area contributed by atoms with E-state index < -0.39 is 0 Å². The summed E-state index contributed by atoms with van der Waals surface area (Å²) in [5.74, 6) is 0.778. The van der Waals surface area contributed by atoms with Crippen molar-refractivity contribution in [1.82, 2.24) is 4.90 Å². The molecule has 0 spiro atoms. The molecule has 4 heteroatoms. The van der Waals surface area contributed by atoms with Crippen molar-refractivity contribution in [3.8, 4) is 6.07 Å². The molecule has 2 rings (SSSR count). The molecule has 18 heavy (non-hydrogen) atoms. The molecule has 0 aromatic heterocycles. The summed E-state index contributed by atoms with van der Waals surface area (Å²) < 4.78 is 0. The van der Waals surface area contributed by atoms with Crippen LogP contribution in [-0.2, 0) is 4.79 Å². The molecule has 0 bridgehead atoms. The number of nitriles is 1. The van der Waals surface area contributed by atoms with Gasteiger partial charge in [-0.05, 0) is 50.1 Å². The molecule has 0 unspecified atom stereocenters. The molecule has 1 aliphatic carbocycles. The van der Waals surface area contributed by atoms with E-state index in [1.54, 1.807) is 24.3 Å². The Morgan fingerprint density at radius 3 is 2.67 bits per heavy atom. The van der Waals surface area contributed by atoms with E-state index in [0.29, 0.717) is 12.1 Å². The zero-order valence-electron chi connectivity index (χ0n) is 10.5. The molecule has 1 saturated carbocycles. The minimum absolute atomic E-state index is 0.0112. The smallest absolute Gasteiger partial charge is 0.238 e. The van der Waals surface area contributed by atoms with Gasteiger partial charge >= 0.3 is 0 Å². The minimum Gasteiger partial charge on any atom is -0.325 e. The summed E-state index contributed by atoms with van der Waals surface area (Å²) >= 11 is 0. The number of likely N-dealkylation sites (N-methyl/N-ethyl adjacent to an activating group) is 1. The largest absolute Gasteiger partial charge is 0.325 e. The highest BCUT2D eigenvalue weighted by atomic mass is 16.2. The zero-order valence-corrected chi connectivity index (χ0v) is 10.5. The maximum absolute atomic E-state index is 11.8. The predicted molar refractivity (Wildman–Crippen MR) is 70.0 cm³/mol. The third-order valence-electron chi connectivity index (χ3n) is 2.98. The lowest BCUT2D eigenvalue weighted by atomic mass is 10.2. The Hall–Kier alpha value is -1.86. The van der Waals surface area contributed by atoms with Gasteiger partial charge in [-0.25, -0.2) is 0 Å². The van der Waals surface area contributed by atoms with Crippen LogP contribution in [0.25, 0.3) is 0 Å². The van der Waals surface area contributed by atoms with Crippen molar-refractivity contribution in [2.45, 2.75) is 12.8 Å². The Morgan fingerprint density at radius 1 is 1.44 bits per heavy atom. The van der Waals surface area contributed by atoms with Crippen molar-refractivity contribution in [3.63, 3.8) is 0 Å². The fraction of sp³-hybridized carbons (Fsp3) is 0.429. The lowest BCUT2D eigenvalue weighted by Gasteiger charge is -2.15. The quantitative estimate of drug-likeness (QED) is 0.858. The maximum atomic E-state index is 11.8. The Bertz CT molecular complexity index is 457. The monoisotopic (exact) mass is 243 g/mol. The molecule has 0 atom stereocenters. The molecular weight excluding hydrogens is 226 g/mol. The van der Waals surface area contributed by atoms with Crippen molar-refractivity contribution in [2.75, 3.05) is 25.5 Å². The fourth-order valence-electron chi connectivity index (χ4n) is 1.88. The Labute approximate surface area is 107 Å². The fourth-order valence-corrected chi connectivity index (χ4v) is 1.88. The van der Waals surface area contributed by atoms with Gasteiger partial charge < -0.3 is 5.32 Å². The average molecular weight is 243 g/mol. The van der Waals surface area contributed by atoms with Crippen LogP contribution in [0.2, 0.25) is 0 Å². The first kappa shape index (κ1) is 12.6. The number of carbonyl (C=O) groups is 1. The number of nitrogens with zero attached hydrogens (tertiary/aromatic N) is 2. The second kappa shape index (κ2) is 5.65. The van der Waals surface area contributed by atoms with E-state index in [9.17, 15) is 4.79 Å². The van der Waals surface area contributed by atoms with Crippen LogP contribution in [0.15, 0.2) is 24.3 Å². The summed E-state index contributed by atoms with van der Waals surface area (Å²) in [4.78, 5) is 13.8. The van der Waals surface area contributed by atoms with Crippen LogP contribution in [-0.4, -0.2) is 30.9 Å². The average Bonchev–Trinajstić information content (AvgIpc) is 3.13. The van der Waals surface area contributed by atoms with E-state index >= 15 is 0 Å². The van der Waals surface area contributed by atoms with Crippen LogP contribution in [0.4, 0.5) is 5.69 Å². The molecular formula is C14H17N3O. The Morgan fingerprint density at radius 2 is 2.11 bits per heavy atom. The van der Waals surface area contributed by atoms with E-state index in [1.165, 1.54) is 12.8 Å². The lowest BCUT2D eigenvalue weighted by molar-refractivity contribution is -0.117. The molecule has 0 radical (unpaired) electrons. The molecule has 94 valence electrons. The highest BCUT2D eigenvalue weighted by molar-refractivity contribution is 5.92. The summed E-state index contributed by atoms with van der Waals surface area (Å²) in [5.41, 5.74) is 1.33. The Balaban J connectivity index is 1.80. The minimum atomic E-state index is -0.0112. The second-order valence-corrected chi connectivity index (χ2v) is 4.88. The van der Waals surface area contributed by atoms with Gasteiger partial charge in [0.15, 0.2) is 0 Å². The first-order chi connectivity index (χ1) is 8.67. The third-order valence-corrected chi connectivity index (χ3v) is 2.98. The highest BCUT2D eigenvalue weighted by Gasteiger charge is 2.23. The molecule has 1 aromatic carbocycles.